The van der Waals surface area contributed by atoms with E-state index in [4.69, 9.17) is 17.0 Å². The van der Waals surface area contributed by atoms with Gasteiger partial charge in [0.1, 0.15) is 21.8 Å². The highest BCUT2D eigenvalue weighted by Gasteiger charge is 2.33. The topological polar surface area (TPSA) is 98.9 Å². The van der Waals surface area contributed by atoms with Crippen molar-refractivity contribution in [3.63, 3.8) is 0 Å². The van der Waals surface area contributed by atoms with E-state index in [2.05, 4.69) is 6.92 Å². The van der Waals surface area contributed by atoms with Crippen LogP contribution in [0.4, 0.5) is 10.6 Å². The molecule has 0 unspecified atom stereocenters. The fourth-order valence-electron chi connectivity index (χ4n) is 4.05. The van der Waals surface area contributed by atoms with E-state index in [1.807, 2.05) is 11.0 Å². The summed E-state index contributed by atoms with van der Waals surface area (Å²) in [5.41, 5.74) is 0.811. The summed E-state index contributed by atoms with van der Waals surface area (Å²) >= 11 is 6.66. The lowest BCUT2D eigenvalue weighted by Gasteiger charge is -2.37. The minimum absolute atomic E-state index is 0.0455. The Labute approximate surface area is 208 Å². The molecule has 9 nitrogen and oxygen atoms in total. The van der Waals surface area contributed by atoms with Crippen molar-refractivity contribution in [2.45, 2.75) is 33.6 Å². The molecule has 2 saturated heterocycles. The standard InChI is InChI=1S/C23H29N5O4S2/c1-5-7-8-28-21(30)18(34-23(28)33)13-16-15(3)17(14-24)20(29)25(4)19(16)26-9-11-27(12-10-26)22(31)32-6-2/h13H,5-12H2,1-4H3. The molecule has 0 radical (unpaired) electrons. The second-order valence-corrected chi connectivity index (χ2v) is 9.75. The number of hydrogen-bond donors (Lipinski definition) is 0. The summed E-state index contributed by atoms with van der Waals surface area (Å²) in [4.78, 5) is 43.8. The van der Waals surface area contributed by atoms with Crippen LogP contribution < -0.4 is 10.5 Å². The molecule has 3 heterocycles. The summed E-state index contributed by atoms with van der Waals surface area (Å²) in [6.07, 6.45) is 3.19. The first kappa shape index (κ1) is 25.8. The number of amides is 2. The smallest absolute Gasteiger partial charge is 0.409 e. The van der Waals surface area contributed by atoms with Crippen LogP contribution in [0.1, 0.15) is 43.4 Å². The average molecular weight is 504 g/mol. The molecular formula is C23H29N5O4S2. The highest BCUT2D eigenvalue weighted by atomic mass is 32.2. The van der Waals surface area contributed by atoms with Crippen molar-refractivity contribution < 1.29 is 14.3 Å². The molecule has 2 amide bonds. The number of hydrogen-bond acceptors (Lipinski definition) is 8. The summed E-state index contributed by atoms with van der Waals surface area (Å²) in [5, 5.41) is 9.63. The van der Waals surface area contributed by atoms with Gasteiger partial charge in [-0.1, -0.05) is 37.3 Å². The number of aromatic nitrogens is 1. The van der Waals surface area contributed by atoms with Crippen LogP contribution in [0.25, 0.3) is 6.08 Å². The van der Waals surface area contributed by atoms with Crippen molar-refractivity contribution in [1.82, 2.24) is 14.4 Å². The largest absolute Gasteiger partial charge is 0.450 e. The quantitative estimate of drug-likeness (QED) is 0.432. The van der Waals surface area contributed by atoms with Gasteiger partial charge in [0.25, 0.3) is 11.5 Å². The normalized spacial score (nSPS) is 17.5. The molecule has 0 atom stereocenters. The molecule has 1 aromatic heterocycles. The van der Waals surface area contributed by atoms with Gasteiger partial charge in [0.15, 0.2) is 0 Å². The zero-order valence-corrected chi connectivity index (χ0v) is 21.6. The van der Waals surface area contributed by atoms with E-state index in [0.29, 0.717) is 65.5 Å². The zero-order chi connectivity index (χ0) is 25.0. The number of carbonyl (C=O) groups is 2. The highest BCUT2D eigenvalue weighted by Crippen LogP contribution is 2.36. The van der Waals surface area contributed by atoms with Gasteiger partial charge in [0.2, 0.25) is 0 Å². The molecule has 2 aliphatic rings. The fourth-order valence-corrected chi connectivity index (χ4v) is 5.34. The Morgan fingerprint density at radius 1 is 1.24 bits per heavy atom. The first-order valence-electron chi connectivity index (χ1n) is 11.3. The summed E-state index contributed by atoms with van der Waals surface area (Å²) in [5.74, 6) is 0.456. The summed E-state index contributed by atoms with van der Waals surface area (Å²) in [6.45, 7) is 8.25. The minimum atomic E-state index is -0.393. The monoisotopic (exact) mass is 503 g/mol. The van der Waals surface area contributed by atoms with Crippen LogP contribution in [-0.4, -0.2) is 70.0 Å². The maximum Gasteiger partial charge on any atom is 0.409 e. The average Bonchev–Trinajstić information content (AvgIpc) is 3.09. The third-order valence-electron chi connectivity index (χ3n) is 5.96. The Kier molecular flexibility index (Phi) is 8.38. The molecule has 1 aromatic rings. The van der Waals surface area contributed by atoms with Crippen molar-refractivity contribution in [2.24, 2.45) is 7.05 Å². The Hall–Kier alpha value is -2.84. The van der Waals surface area contributed by atoms with Crippen LogP contribution in [0.5, 0.6) is 0 Å². The number of pyridine rings is 1. The minimum Gasteiger partial charge on any atom is -0.450 e. The van der Waals surface area contributed by atoms with Crippen LogP contribution in [0.3, 0.4) is 0 Å². The molecule has 11 heteroatoms. The van der Waals surface area contributed by atoms with E-state index in [1.165, 1.54) is 16.3 Å². The maximum atomic E-state index is 13.1. The van der Waals surface area contributed by atoms with Gasteiger partial charge in [0, 0.05) is 45.3 Å². The number of nitriles is 1. The molecule has 0 aliphatic carbocycles. The lowest BCUT2D eigenvalue weighted by Crippen LogP contribution is -2.50. The number of thiocarbonyl (C=S) groups is 1. The number of piperazine rings is 1. The third-order valence-corrected chi connectivity index (χ3v) is 7.34. The van der Waals surface area contributed by atoms with Gasteiger partial charge in [-0.3, -0.25) is 19.1 Å². The molecule has 0 saturated carbocycles. The van der Waals surface area contributed by atoms with Gasteiger partial charge in [-0.05, 0) is 31.9 Å². The highest BCUT2D eigenvalue weighted by molar-refractivity contribution is 8.26. The van der Waals surface area contributed by atoms with Crippen molar-refractivity contribution in [3.8, 4) is 6.07 Å². The van der Waals surface area contributed by atoms with Crippen LogP contribution >= 0.6 is 24.0 Å². The number of unbranched alkanes of at least 4 members (excludes halogenated alkanes) is 1. The SMILES string of the molecule is CCCCN1C(=O)C(=Cc2c(C)c(C#N)c(=O)n(C)c2N2CCN(C(=O)OCC)CC2)SC1=S. The molecule has 2 fully saturated rings. The van der Waals surface area contributed by atoms with Crippen molar-refractivity contribution >= 4 is 52.2 Å². The van der Waals surface area contributed by atoms with E-state index in [9.17, 15) is 19.6 Å². The Morgan fingerprint density at radius 3 is 2.50 bits per heavy atom. The molecular weight excluding hydrogens is 474 g/mol. The van der Waals surface area contributed by atoms with Crippen LogP contribution in [0.15, 0.2) is 9.70 Å². The van der Waals surface area contributed by atoms with Gasteiger partial charge >= 0.3 is 6.09 Å². The van der Waals surface area contributed by atoms with Gasteiger partial charge in [-0.2, -0.15) is 5.26 Å². The molecule has 0 N–H and O–H groups in total. The molecule has 0 aromatic carbocycles. The van der Waals surface area contributed by atoms with E-state index in [-0.39, 0.29) is 17.6 Å². The fraction of sp³-hybridized carbons (Fsp3) is 0.522. The zero-order valence-electron chi connectivity index (χ0n) is 19.9. The molecule has 0 spiro atoms. The van der Waals surface area contributed by atoms with E-state index in [1.54, 1.807) is 36.8 Å². The van der Waals surface area contributed by atoms with Gasteiger partial charge in [-0.15, -0.1) is 0 Å². The molecule has 3 rings (SSSR count). The van der Waals surface area contributed by atoms with Crippen LogP contribution in [0.2, 0.25) is 0 Å². The number of anilines is 1. The summed E-state index contributed by atoms with van der Waals surface area (Å²) < 4.78 is 7.06. The molecule has 2 aliphatic heterocycles. The van der Waals surface area contributed by atoms with Crippen molar-refractivity contribution in [3.05, 3.63) is 31.9 Å². The summed E-state index contributed by atoms with van der Waals surface area (Å²) in [7, 11) is 1.62. The lowest BCUT2D eigenvalue weighted by molar-refractivity contribution is -0.122. The first-order valence-corrected chi connectivity index (χ1v) is 12.5. The van der Waals surface area contributed by atoms with Gasteiger partial charge in [0.05, 0.1) is 11.5 Å². The number of rotatable bonds is 6. The number of carbonyl (C=O) groups excluding carboxylic acids is 2. The van der Waals surface area contributed by atoms with Crippen molar-refractivity contribution in [2.75, 3.05) is 44.2 Å². The summed E-state index contributed by atoms with van der Waals surface area (Å²) in [6, 6.07) is 2.01. The number of nitrogens with zero attached hydrogens (tertiary/aromatic N) is 5. The Bertz CT molecular complexity index is 1130. The molecule has 0 bridgehead atoms. The van der Waals surface area contributed by atoms with E-state index < -0.39 is 5.56 Å². The Morgan fingerprint density at radius 2 is 1.91 bits per heavy atom. The van der Waals surface area contributed by atoms with Gasteiger partial charge < -0.3 is 14.5 Å². The predicted molar refractivity (Wildman–Crippen MR) is 137 cm³/mol. The van der Waals surface area contributed by atoms with Crippen molar-refractivity contribution in [1.29, 1.82) is 5.26 Å². The van der Waals surface area contributed by atoms with Crippen LogP contribution in [0, 0.1) is 18.3 Å². The lowest BCUT2D eigenvalue weighted by atomic mass is 10.0. The maximum absolute atomic E-state index is 13.1. The molecule has 182 valence electrons. The second kappa shape index (κ2) is 11.1. The first-order chi connectivity index (χ1) is 16.2. The van der Waals surface area contributed by atoms with E-state index >= 15 is 0 Å². The third kappa shape index (κ3) is 4.98. The molecule has 34 heavy (non-hydrogen) atoms. The number of ether oxygens (including phenoxy) is 1. The van der Waals surface area contributed by atoms with Crippen LogP contribution in [-0.2, 0) is 16.6 Å². The second-order valence-electron chi connectivity index (χ2n) is 8.07. The predicted octanol–water partition coefficient (Wildman–Crippen LogP) is 2.85. The number of thioether (sulfide) groups is 1. The van der Waals surface area contributed by atoms with E-state index in [0.717, 1.165) is 12.8 Å². The van der Waals surface area contributed by atoms with Gasteiger partial charge in [-0.25, -0.2) is 4.79 Å². The Balaban J connectivity index is 2.02.